The molecule has 3 nitrogen and oxygen atoms in total. The number of nitrogens with one attached hydrogen (secondary N) is 1. The van der Waals surface area contributed by atoms with Crippen LogP contribution in [0.2, 0.25) is 0 Å². The van der Waals surface area contributed by atoms with Crippen molar-refractivity contribution in [2.75, 3.05) is 5.32 Å². The summed E-state index contributed by atoms with van der Waals surface area (Å²) in [6.07, 6.45) is 0.685. The van der Waals surface area contributed by atoms with Crippen LogP contribution in [0.25, 0.3) is 0 Å². The van der Waals surface area contributed by atoms with Gasteiger partial charge in [-0.1, -0.05) is 49.0 Å². The standard InChI is InChI=1S/C19H19NO2/c1-14(2)18(21)12-16-8-10-17(11-9-16)20-19(22)13-15-6-4-3-5-7-15/h3-11H,1,12-13H2,2H3,(H,20,22). The zero-order valence-corrected chi connectivity index (χ0v) is 12.6. The van der Waals surface area contributed by atoms with Gasteiger partial charge < -0.3 is 5.32 Å². The Morgan fingerprint density at radius 2 is 1.50 bits per heavy atom. The number of benzene rings is 2. The number of amides is 1. The summed E-state index contributed by atoms with van der Waals surface area (Å²) in [4.78, 5) is 23.6. The lowest BCUT2D eigenvalue weighted by Crippen LogP contribution is -2.14. The molecular weight excluding hydrogens is 274 g/mol. The van der Waals surface area contributed by atoms with Crippen LogP contribution < -0.4 is 5.32 Å². The Bertz CT molecular complexity index is 672. The Labute approximate surface area is 130 Å². The predicted molar refractivity (Wildman–Crippen MR) is 88.7 cm³/mol. The van der Waals surface area contributed by atoms with E-state index in [9.17, 15) is 9.59 Å². The number of carbonyl (C=O) groups is 2. The molecule has 0 aromatic heterocycles. The van der Waals surface area contributed by atoms with Crippen molar-refractivity contribution in [3.63, 3.8) is 0 Å². The first-order valence-electron chi connectivity index (χ1n) is 7.16. The summed E-state index contributed by atoms with van der Waals surface area (Å²) in [6.45, 7) is 5.35. The quantitative estimate of drug-likeness (QED) is 0.828. The van der Waals surface area contributed by atoms with Crippen molar-refractivity contribution in [2.45, 2.75) is 19.8 Å². The highest BCUT2D eigenvalue weighted by Crippen LogP contribution is 2.12. The van der Waals surface area contributed by atoms with E-state index in [1.165, 1.54) is 0 Å². The molecule has 1 N–H and O–H groups in total. The van der Waals surface area contributed by atoms with Crippen LogP contribution in [0, 0.1) is 0 Å². The van der Waals surface area contributed by atoms with Crippen molar-refractivity contribution < 1.29 is 9.59 Å². The Kier molecular flexibility index (Phi) is 5.26. The van der Waals surface area contributed by atoms with E-state index >= 15 is 0 Å². The van der Waals surface area contributed by atoms with Gasteiger partial charge in [0.05, 0.1) is 6.42 Å². The molecule has 112 valence electrons. The van der Waals surface area contributed by atoms with E-state index in [1.807, 2.05) is 54.6 Å². The first-order valence-corrected chi connectivity index (χ1v) is 7.16. The van der Waals surface area contributed by atoms with Crippen molar-refractivity contribution in [3.05, 3.63) is 77.9 Å². The number of anilines is 1. The lowest BCUT2D eigenvalue weighted by Gasteiger charge is -2.07. The molecule has 0 spiro atoms. The molecule has 0 saturated heterocycles. The Hall–Kier alpha value is -2.68. The highest BCUT2D eigenvalue weighted by Gasteiger charge is 2.06. The third kappa shape index (κ3) is 4.70. The van der Waals surface area contributed by atoms with E-state index in [4.69, 9.17) is 0 Å². The molecule has 0 aliphatic carbocycles. The molecule has 0 heterocycles. The summed E-state index contributed by atoms with van der Waals surface area (Å²) in [6, 6.07) is 16.9. The Morgan fingerprint density at radius 1 is 0.909 bits per heavy atom. The summed E-state index contributed by atoms with van der Waals surface area (Å²) < 4.78 is 0. The van der Waals surface area contributed by atoms with Crippen LogP contribution in [0.15, 0.2) is 66.7 Å². The zero-order valence-electron chi connectivity index (χ0n) is 12.6. The van der Waals surface area contributed by atoms with E-state index in [1.54, 1.807) is 6.92 Å². The van der Waals surface area contributed by atoms with Crippen LogP contribution in [-0.2, 0) is 22.4 Å². The molecule has 1 amide bonds. The molecule has 2 rings (SSSR count). The summed E-state index contributed by atoms with van der Waals surface area (Å²) in [5.74, 6) is -0.0298. The summed E-state index contributed by atoms with van der Waals surface area (Å²) >= 11 is 0. The zero-order chi connectivity index (χ0) is 15.9. The minimum atomic E-state index is -0.0584. The van der Waals surface area contributed by atoms with Crippen molar-refractivity contribution in [3.8, 4) is 0 Å². The molecule has 0 atom stereocenters. The second kappa shape index (κ2) is 7.36. The molecule has 0 bridgehead atoms. The molecule has 22 heavy (non-hydrogen) atoms. The fraction of sp³-hybridized carbons (Fsp3) is 0.158. The second-order valence-corrected chi connectivity index (χ2v) is 5.29. The molecule has 0 saturated carbocycles. The van der Waals surface area contributed by atoms with Gasteiger partial charge in [0, 0.05) is 12.1 Å². The molecule has 0 aliphatic heterocycles. The van der Waals surface area contributed by atoms with Gasteiger partial charge in [0.2, 0.25) is 5.91 Å². The summed E-state index contributed by atoms with van der Waals surface area (Å²) in [5, 5.41) is 2.85. The third-order valence-electron chi connectivity index (χ3n) is 3.29. The topological polar surface area (TPSA) is 46.2 Å². The monoisotopic (exact) mass is 293 g/mol. The third-order valence-corrected chi connectivity index (χ3v) is 3.29. The van der Waals surface area contributed by atoms with Gasteiger partial charge in [0.1, 0.15) is 0 Å². The van der Waals surface area contributed by atoms with Gasteiger partial charge in [0.15, 0.2) is 5.78 Å². The maximum absolute atomic E-state index is 12.0. The number of rotatable bonds is 6. The summed E-state index contributed by atoms with van der Waals surface area (Å²) in [7, 11) is 0. The molecule has 2 aromatic carbocycles. The van der Waals surface area contributed by atoms with Gasteiger partial charge in [0.25, 0.3) is 0 Å². The first-order chi connectivity index (χ1) is 10.5. The van der Waals surface area contributed by atoms with Crippen molar-refractivity contribution >= 4 is 17.4 Å². The van der Waals surface area contributed by atoms with E-state index in [0.717, 1.165) is 16.8 Å². The normalized spacial score (nSPS) is 10.0. The fourth-order valence-corrected chi connectivity index (χ4v) is 2.03. The molecule has 0 fully saturated rings. The van der Waals surface area contributed by atoms with E-state index in [-0.39, 0.29) is 11.7 Å². The van der Waals surface area contributed by atoms with Gasteiger partial charge in [-0.2, -0.15) is 0 Å². The molecule has 3 heteroatoms. The lowest BCUT2D eigenvalue weighted by molar-refractivity contribution is -0.116. The molecule has 0 radical (unpaired) electrons. The van der Waals surface area contributed by atoms with E-state index < -0.39 is 0 Å². The minimum absolute atomic E-state index is 0.0286. The van der Waals surface area contributed by atoms with Crippen molar-refractivity contribution in [1.82, 2.24) is 0 Å². The molecule has 2 aromatic rings. The van der Waals surface area contributed by atoms with Crippen LogP contribution >= 0.6 is 0 Å². The Balaban J connectivity index is 1.92. The Morgan fingerprint density at radius 3 is 2.09 bits per heavy atom. The number of hydrogen-bond donors (Lipinski definition) is 1. The smallest absolute Gasteiger partial charge is 0.228 e. The van der Waals surface area contributed by atoms with Crippen LogP contribution in [0.3, 0.4) is 0 Å². The number of ketones is 1. The molecular formula is C19H19NO2. The predicted octanol–water partition coefficient (Wildman–Crippen LogP) is 3.56. The maximum atomic E-state index is 12.0. The SMILES string of the molecule is C=C(C)C(=O)Cc1ccc(NC(=O)Cc2ccccc2)cc1. The van der Waals surface area contributed by atoms with Gasteiger partial charge >= 0.3 is 0 Å². The average Bonchev–Trinajstić information content (AvgIpc) is 2.50. The molecule has 0 unspecified atom stereocenters. The number of carbonyl (C=O) groups excluding carboxylic acids is 2. The maximum Gasteiger partial charge on any atom is 0.228 e. The van der Waals surface area contributed by atoms with Gasteiger partial charge in [-0.3, -0.25) is 9.59 Å². The van der Waals surface area contributed by atoms with Crippen LogP contribution in [0.1, 0.15) is 18.1 Å². The van der Waals surface area contributed by atoms with Crippen molar-refractivity contribution in [1.29, 1.82) is 0 Å². The summed E-state index contributed by atoms with van der Waals surface area (Å²) in [5.41, 5.74) is 3.17. The lowest BCUT2D eigenvalue weighted by atomic mass is 10.0. The minimum Gasteiger partial charge on any atom is -0.326 e. The van der Waals surface area contributed by atoms with E-state index in [2.05, 4.69) is 11.9 Å². The fourth-order valence-electron chi connectivity index (χ4n) is 2.03. The average molecular weight is 293 g/mol. The van der Waals surface area contributed by atoms with Gasteiger partial charge in [-0.15, -0.1) is 0 Å². The van der Waals surface area contributed by atoms with Gasteiger partial charge in [-0.25, -0.2) is 0 Å². The number of Topliss-reactive ketones (excluding diaryl/α,β-unsaturated/α-hetero) is 1. The second-order valence-electron chi connectivity index (χ2n) is 5.29. The first kappa shape index (κ1) is 15.7. The van der Waals surface area contributed by atoms with Crippen LogP contribution in [-0.4, -0.2) is 11.7 Å². The van der Waals surface area contributed by atoms with Crippen LogP contribution in [0.5, 0.6) is 0 Å². The molecule has 0 aliphatic rings. The highest BCUT2D eigenvalue weighted by molar-refractivity contribution is 5.96. The van der Waals surface area contributed by atoms with E-state index in [0.29, 0.717) is 18.4 Å². The van der Waals surface area contributed by atoms with Crippen LogP contribution in [0.4, 0.5) is 5.69 Å². The van der Waals surface area contributed by atoms with Crippen molar-refractivity contribution in [2.24, 2.45) is 0 Å². The largest absolute Gasteiger partial charge is 0.326 e. The highest BCUT2D eigenvalue weighted by atomic mass is 16.1. The van der Waals surface area contributed by atoms with Gasteiger partial charge in [-0.05, 0) is 35.8 Å². The number of hydrogen-bond acceptors (Lipinski definition) is 2. The number of allylic oxidation sites excluding steroid dienone is 1.